The molecule has 3 rings (SSSR count). The van der Waals surface area contributed by atoms with Gasteiger partial charge in [0.15, 0.2) is 0 Å². The van der Waals surface area contributed by atoms with Gasteiger partial charge in [0.1, 0.15) is 11.9 Å². The minimum atomic E-state index is -0.423. The number of likely N-dealkylation sites (tertiary alicyclic amines) is 1. The zero-order valence-corrected chi connectivity index (χ0v) is 14.4. The number of benzene rings is 1. The van der Waals surface area contributed by atoms with Gasteiger partial charge in [-0.1, -0.05) is 30.3 Å². The molecule has 0 radical (unpaired) electrons. The topological polar surface area (TPSA) is 47.4 Å². The molecule has 1 fully saturated rings. The fraction of sp³-hybridized carbons (Fsp3) is 0.474. The highest BCUT2D eigenvalue weighted by atomic mass is 16.5. The normalized spacial score (nSPS) is 19.2. The van der Waals surface area contributed by atoms with Crippen LogP contribution in [0.3, 0.4) is 0 Å². The third-order valence-electron chi connectivity index (χ3n) is 4.65. The molecule has 0 saturated carbocycles. The maximum absolute atomic E-state index is 12.7. The Balaban J connectivity index is 1.56. The Morgan fingerprint density at radius 3 is 2.88 bits per heavy atom. The number of aryl methyl sites for hydroxylation is 1. The summed E-state index contributed by atoms with van der Waals surface area (Å²) in [6.07, 6.45) is 5.50. The van der Waals surface area contributed by atoms with Crippen LogP contribution in [0.25, 0.3) is 0 Å². The van der Waals surface area contributed by atoms with Crippen molar-refractivity contribution in [3.63, 3.8) is 0 Å². The van der Waals surface area contributed by atoms with Gasteiger partial charge in [0.2, 0.25) is 0 Å². The molecule has 2 heterocycles. The summed E-state index contributed by atoms with van der Waals surface area (Å²) in [5, 5.41) is 0. The number of ether oxygens (including phenoxy) is 1. The van der Waals surface area contributed by atoms with Gasteiger partial charge < -0.3 is 14.2 Å². The standard InChI is InChI=1S/C19H25N3O2/c1-15(24-14-17-7-4-3-5-8-17)19(23)21-11-6-9-18(13-21)22-12-10-20-16(22)2/h3-5,7-8,10,12,15,18H,6,9,11,13-14H2,1-2H3/t15-,18+/m0/s1. The molecule has 0 aliphatic carbocycles. The molecule has 5 heteroatoms. The second-order valence-corrected chi connectivity index (χ2v) is 6.40. The van der Waals surface area contributed by atoms with Gasteiger partial charge in [-0.3, -0.25) is 4.79 Å². The zero-order chi connectivity index (χ0) is 16.9. The highest BCUT2D eigenvalue weighted by Gasteiger charge is 2.28. The van der Waals surface area contributed by atoms with Gasteiger partial charge in [-0.25, -0.2) is 4.98 Å². The zero-order valence-electron chi connectivity index (χ0n) is 14.4. The summed E-state index contributed by atoms with van der Waals surface area (Å²) in [5.74, 6) is 1.08. The number of carbonyl (C=O) groups is 1. The second-order valence-electron chi connectivity index (χ2n) is 6.40. The number of carbonyl (C=O) groups excluding carboxylic acids is 1. The van der Waals surface area contributed by atoms with E-state index in [9.17, 15) is 4.79 Å². The fourth-order valence-corrected chi connectivity index (χ4v) is 3.28. The van der Waals surface area contributed by atoms with Crippen molar-refractivity contribution in [1.82, 2.24) is 14.5 Å². The van der Waals surface area contributed by atoms with Gasteiger partial charge in [-0.15, -0.1) is 0 Å². The van der Waals surface area contributed by atoms with E-state index in [1.165, 1.54) is 0 Å². The van der Waals surface area contributed by atoms with Crippen LogP contribution in [0.1, 0.15) is 37.2 Å². The largest absolute Gasteiger partial charge is 0.364 e. The summed E-state index contributed by atoms with van der Waals surface area (Å²) in [6.45, 7) is 5.85. The molecular formula is C19H25N3O2. The maximum Gasteiger partial charge on any atom is 0.251 e. The summed E-state index contributed by atoms with van der Waals surface area (Å²) in [7, 11) is 0. The van der Waals surface area contributed by atoms with Gasteiger partial charge in [-0.05, 0) is 32.3 Å². The van der Waals surface area contributed by atoms with Crippen LogP contribution in [0.5, 0.6) is 0 Å². The minimum absolute atomic E-state index is 0.0772. The molecular weight excluding hydrogens is 302 g/mol. The third-order valence-corrected chi connectivity index (χ3v) is 4.65. The van der Waals surface area contributed by atoms with E-state index >= 15 is 0 Å². The van der Waals surface area contributed by atoms with Gasteiger partial charge in [0, 0.05) is 25.5 Å². The predicted molar refractivity (Wildman–Crippen MR) is 92.5 cm³/mol. The van der Waals surface area contributed by atoms with Crippen molar-refractivity contribution in [3.05, 3.63) is 54.1 Å². The molecule has 0 unspecified atom stereocenters. The van der Waals surface area contributed by atoms with Crippen molar-refractivity contribution in [3.8, 4) is 0 Å². The number of hydrogen-bond donors (Lipinski definition) is 0. The molecule has 0 N–H and O–H groups in total. The predicted octanol–water partition coefficient (Wildman–Crippen LogP) is 2.96. The van der Waals surface area contributed by atoms with Crippen molar-refractivity contribution in [2.45, 2.75) is 45.4 Å². The molecule has 0 spiro atoms. The first-order chi connectivity index (χ1) is 11.6. The lowest BCUT2D eigenvalue weighted by Gasteiger charge is -2.35. The number of imidazole rings is 1. The molecule has 2 atom stereocenters. The molecule has 1 aromatic heterocycles. The molecule has 2 aromatic rings. The van der Waals surface area contributed by atoms with E-state index in [-0.39, 0.29) is 5.91 Å². The van der Waals surface area contributed by atoms with Crippen LogP contribution in [0.4, 0.5) is 0 Å². The molecule has 1 aliphatic rings. The number of aromatic nitrogens is 2. The molecule has 1 aliphatic heterocycles. The van der Waals surface area contributed by atoms with Crippen LogP contribution in [0.2, 0.25) is 0 Å². The minimum Gasteiger partial charge on any atom is -0.364 e. The van der Waals surface area contributed by atoms with Gasteiger partial charge in [0.25, 0.3) is 5.91 Å². The summed E-state index contributed by atoms with van der Waals surface area (Å²) in [5.41, 5.74) is 1.09. The molecule has 1 amide bonds. The van der Waals surface area contributed by atoms with Crippen LogP contribution in [-0.2, 0) is 16.1 Å². The smallest absolute Gasteiger partial charge is 0.251 e. The van der Waals surface area contributed by atoms with E-state index in [1.54, 1.807) is 0 Å². The van der Waals surface area contributed by atoms with Crippen LogP contribution < -0.4 is 0 Å². The Hall–Kier alpha value is -2.14. The molecule has 128 valence electrons. The van der Waals surface area contributed by atoms with Crippen molar-refractivity contribution in [2.75, 3.05) is 13.1 Å². The quantitative estimate of drug-likeness (QED) is 0.848. The lowest BCUT2D eigenvalue weighted by Crippen LogP contribution is -2.45. The third kappa shape index (κ3) is 3.85. The van der Waals surface area contributed by atoms with E-state index in [2.05, 4.69) is 9.55 Å². The first-order valence-corrected chi connectivity index (χ1v) is 8.59. The van der Waals surface area contributed by atoms with Crippen molar-refractivity contribution in [2.24, 2.45) is 0 Å². The first-order valence-electron chi connectivity index (χ1n) is 8.59. The number of nitrogens with zero attached hydrogens (tertiary/aromatic N) is 3. The molecule has 1 saturated heterocycles. The first kappa shape index (κ1) is 16.7. The van der Waals surface area contributed by atoms with Gasteiger partial charge in [0.05, 0.1) is 12.6 Å². The summed E-state index contributed by atoms with van der Waals surface area (Å²) in [6, 6.07) is 10.3. The monoisotopic (exact) mass is 327 g/mol. The maximum atomic E-state index is 12.7. The molecule has 1 aromatic carbocycles. The Labute approximate surface area is 143 Å². The van der Waals surface area contributed by atoms with E-state index in [0.29, 0.717) is 12.6 Å². The van der Waals surface area contributed by atoms with Crippen molar-refractivity contribution < 1.29 is 9.53 Å². The average Bonchev–Trinajstić information content (AvgIpc) is 3.06. The Kier molecular flexibility index (Phi) is 5.30. The van der Waals surface area contributed by atoms with Crippen LogP contribution in [0, 0.1) is 6.92 Å². The summed E-state index contributed by atoms with van der Waals surface area (Å²) in [4.78, 5) is 18.9. The van der Waals surface area contributed by atoms with Gasteiger partial charge in [-0.2, -0.15) is 0 Å². The fourth-order valence-electron chi connectivity index (χ4n) is 3.28. The molecule has 0 bridgehead atoms. The highest BCUT2D eigenvalue weighted by molar-refractivity contribution is 5.80. The number of piperidine rings is 1. The lowest BCUT2D eigenvalue weighted by atomic mass is 10.0. The second kappa shape index (κ2) is 7.62. The Bertz CT molecular complexity index is 668. The highest BCUT2D eigenvalue weighted by Crippen LogP contribution is 2.23. The van der Waals surface area contributed by atoms with Crippen molar-refractivity contribution >= 4 is 5.91 Å². The average molecular weight is 327 g/mol. The molecule has 24 heavy (non-hydrogen) atoms. The van der Waals surface area contributed by atoms with E-state index in [4.69, 9.17) is 4.74 Å². The SMILES string of the molecule is Cc1nccn1[C@@H]1CCCN(C(=O)[C@H](C)OCc2ccccc2)C1. The Morgan fingerprint density at radius 2 is 2.17 bits per heavy atom. The van der Waals surface area contributed by atoms with Crippen molar-refractivity contribution in [1.29, 1.82) is 0 Å². The Morgan fingerprint density at radius 1 is 1.38 bits per heavy atom. The van der Waals surface area contributed by atoms with Crippen LogP contribution >= 0.6 is 0 Å². The van der Waals surface area contributed by atoms with E-state index < -0.39 is 6.10 Å². The number of rotatable bonds is 5. The van der Waals surface area contributed by atoms with Crippen LogP contribution in [0.15, 0.2) is 42.7 Å². The summed E-state index contributed by atoms with van der Waals surface area (Å²) < 4.78 is 7.96. The number of amides is 1. The van der Waals surface area contributed by atoms with E-state index in [1.807, 2.05) is 61.5 Å². The van der Waals surface area contributed by atoms with Crippen LogP contribution in [-0.4, -0.2) is 39.6 Å². The molecule has 5 nitrogen and oxygen atoms in total. The van der Waals surface area contributed by atoms with Gasteiger partial charge >= 0.3 is 0 Å². The number of hydrogen-bond acceptors (Lipinski definition) is 3. The lowest BCUT2D eigenvalue weighted by molar-refractivity contribution is -0.145. The van der Waals surface area contributed by atoms with E-state index in [0.717, 1.165) is 37.3 Å². The summed E-state index contributed by atoms with van der Waals surface area (Å²) >= 11 is 0.